The Morgan fingerprint density at radius 3 is 2.66 bits per heavy atom. The Labute approximate surface area is 194 Å². The van der Waals surface area contributed by atoms with Crippen LogP contribution in [-0.4, -0.2) is 36.1 Å². The van der Waals surface area contributed by atoms with Crippen molar-refractivity contribution in [2.45, 2.75) is 51.6 Å². The van der Waals surface area contributed by atoms with Gasteiger partial charge < -0.3 is 19.7 Å². The molecule has 2 aromatic heterocycles. The van der Waals surface area contributed by atoms with Crippen molar-refractivity contribution in [3.8, 4) is 5.00 Å². The van der Waals surface area contributed by atoms with Crippen LogP contribution in [0.3, 0.4) is 0 Å². The molecule has 2 aliphatic rings. The number of hydrogen-bond donors (Lipinski definition) is 1. The largest absolute Gasteiger partial charge is 0.378 e. The molecule has 5 nitrogen and oxygen atoms in total. The SMILES string of the molecule is CCCNC(=O)N1Cc2c(sc3c2CCCC3)-n2cccc2[C@@H]1c1ccc(N(C)C)cc1. The molecule has 0 fully saturated rings. The van der Waals surface area contributed by atoms with E-state index in [4.69, 9.17) is 0 Å². The fourth-order valence-electron chi connectivity index (χ4n) is 5.03. The van der Waals surface area contributed by atoms with E-state index in [1.54, 1.807) is 0 Å². The van der Waals surface area contributed by atoms with Crippen LogP contribution < -0.4 is 10.2 Å². The number of nitrogens with one attached hydrogen (secondary N) is 1. The number of carbonyl (C=O) groups is 1. The highest BCUT2D eigenvalue weighted by Gasteiger charge is 2.35. The zero-order valence-electron chi connectivity index (χ0n) is 19.2. The smallest absolute Gasteiger partial charge is 0.318 e. The average molecular weight is 449 g/mol. The van der Waals surface area contributed by atoms with Crippen LogP contribution in [0, 0.1) is 0 Å². The maximum Gasteiger partial charge on any atom is 0.318 e. The lowest BCUT2D eigenvalue weighted by Crippen LogP contribution is -2.42. The van der Waals surface area contributed by atoms with E-state index in [0.29, 0.717) is 13.1 Å². The lowest BCUT2D eigenvalue weighted by atomic mass is 9.95. The predicted octanol–water partition coefficient (Wildman–Crippen LogP) is 5.51. The molecule has 6 heteroatoms. The standard InChI is InChI=1S/C26H32N4OS/c1-4-15-27-26(31)30-17-21-20-8-5-6-10-23(20)32-25(21)29-16-7-9-22(29)24(30)18-11-13-19(14-12-18)28(2)3/h7,9,11-14,16,24H,4-6,8,10,15,17H2,1-3H3,(H,27,31)/t24-/m0/s1. The summed E-state index contributed by atoms with van der Waals surface area (Å²) in [7, 11) is 4.11. The van der Waals surface area contributed by atoms with Gasteiger partial charge in [-0.15, -0.1) is 11.3 Å². The molecule has 1 aromatic carbocycles. The van der Waals surface area contributed by atoms with Gasteiger partial charge in [-0.3, -0.25) is 0 Å². The number of benzene rings is 1. The molecule has 0 spiro atoms. The van der Waals surface area contributed by atoms with Crippen molar-refractivity contribution in [1.29, 1.82) is 0 Å². The Balaban J connectivity index is 1.65. The minimum Gasteiger partial charge on any atom is -0.378 e. The highest BCUT2D eigenvalue weighted by Crippen LogP contribution is 2.44. The van der Waals surface area contributed by atoms with Gasteiger partial charge in [0.25, 0.3) is 0 Å². The number of aryl methyl sites for hydroxylation is 1. The molecule has 0 saturated carbocycles. The molecule has 0 unspecified atom stereocenters. The molecular weight excluding hydrogens is 416 g/mol. The van der Waals surface area contributed by atoms with E-state index in [2.05, 4.69) is 83.3 Å². The van der Waals surface area contributed by atoms with E-state index in [0.717, 1.165) is 29.8 Å². The number of amides is 2. The maximum atomic E-state index is 13.5. The van der Waals surface area contributed by atoms with Crippen molar-refractivity contribution in [2.24, 2.45) is 0 Å². The van der Waals surface area contributed by atoms with E-state index >= 15 is 0 Å². The van der Waals surface area contributed by atoms with Gasteiger partial charge in [0.15, 0.2) is 0 Å². The summed E-state index contributed by atoms with van der Waals surface area (Å²) in [5.74, 6) is 0. The molecule has 32 heavy (non-hydrogen) atoms. The first-order valence-corrected chi connectivity index (χ1v) is 12.5. The van der Waals surface area contributed by atoms with Crippen LogP contribution in [0.25, 0.3) is 5.00 Å². The van der Waals surface area contributed by atoms with Gasteiger partial charge >= 0.3 is 6.03 Å². The second-order valence-electron chi connectivity index (χ2n) is 9.05. The third kappa shape index (κ3) is 3.60. The summed E-state index contributed by atoms with van der Waals surface area (Å²) in [5.41, 5.74) is 6.31. The predicted molar refractivity (Wildman–Crippen MR) is 132 cm³/mol. The molecule has 5 rings (SSSR count). The molecule has 1 aliphatic carbocycles. The number of anilines is 1. The second-order valence-corrected chi connectivity index (χ2v) is 10.1. The van der Waals surface area contributed by atoms with Crippen LogP contribution in [0.4, 0.5) is 10.5 Å². The number of fused-ring (bicyclic) bond motifs is 5. The molecule has 3 heterocycles. The summed E-state index contributed by atoms with van der Waals surface area (Å²) in [5, 5.41) is 4.46. The molecule has 0 radical (unpaired) electrons. The summed E-state index contributed by atoms with van der Waals surface area (Å²) >= 11 is 1.93. The van der Waals surface area contributed by atoms with E-state index in [1.807, 2.05) is 11.3 Å². The van der Waals surface area contributed by atoms with Gasteiger partial charge in [0, 0.05) is 43.0 Å². The van der Waals surface area contributed by atoms with E-state index < -0.39 is 0 Å². The van der Waals surface area contributed by atoms with Crippen LogP contribution in [-0.2, 0) is 19.4 Å². The molecule has 1 atom stereocenters. The van der Waals surface area contributed by atoms with Crippen molar-refractivity contribution in [2.75, 3.05) is 25.5 Å². The zero-order valence-corrected chi connectivity index (χ0v) is 20.0. The first-order valence-electron chi connectivity index (χ1n) is 11.7. The van der Waals surface area contributed by atoms with Crippen LogP contribution in [0.5, 0.6) is 0 Å². The Morgan fingerprint density at radius 1 is 1.12 bits per heavy atom. The lowest BCUT2D eigenvalue weighted by molar-refractivity contribution is 0.180. The van der Waals surface area contributed by atoms with E-state index in [-0.39, 0.29) is 12.1 Å². The Hall–Kier alpha value is -2.73. The van der Waals surface area contributed by atoms with Crippen LogP contribution in [0.2, 0.25) is 0 Å². The summed E-state index contributed by atoms with van der Waals surface area (Å²) in [6.45, 7) is 3.44. The summed E-state index contributed by atoms with van der Waals surface area (Å²) in [6.07, 6.45) is 7.91. The quantitative estimate of drug-likeness (QED) is 0.572. The van der Waals surface area contributed by atoms with Gasteiger partial charge in [0.2, 0.25) is 0 Å². The number of aromatic nitrogens is 1. The van der Waals surface area contributed by atoms with Gasteiger partial charge in [-0.05, 0) is 67.5 Å². The number of rotatable bonds is 4. The fourth-order valence-corrected chi connectivity index (χ4v) is 6.43. The summed E-state index contributed by atoms with van der Waals surface area (Å²) in [6, 6.07) is 12.8. The Kier molecular flexibility index (Phi) is 5.72. The first-order chi connectivity index (χ1) is 15.6. The molecule has 168 valence electrons. The van der Waals surface area contributed by atoms with Crippen LogP contribution in [0.1, 0.15) is 59.5 Å². The number of carbonyl (C=O) groups excluding carboxylic acids is 1. The molecule has 1 aliphatic heterocycles. The van der Waals surface area contributed by atoms with Crippen LogP contribution >= 0.6 is 11.3 Å². The van der Waals surface area contributed by atoms with Gasteiger partial charge in [-0.25, -0.2) is 4.79 Å². The van der Waals surface area contributed by atoms with Gasteiger partial charge in [0.05, 0.1) is 18.3 Å². The minimum atomic E-state index is -0.128. The second kappa shape index (κ2) is 8.66. The Morgan fingerprint density at radius 2 is 1.91 bits per heavy atom. The fraction of sp³-hybridized carbons (Fsp3) is 0.423. The summed E-state index contributed by atoms with van der Waals surface area (Å²) < 4.78 is 2.34. The minimum absolute atomic E-state index is 0.0184. The van der Waals surface area contributed by atoms with Crippen molar-refractivity contribution in [3.63, 3.8) is 0 Å². The molecule has 0 saturated heterocycles. The third-order valence-electron chi connectivity index (χ3n) is 6.69. The number of nitrogens with zero attached hydrogens (tertiary/aromatic N) is 3. The zero-order chi connectivity index (χ0) is 22.2. The third-order valence-corrected chi connectivity index (χ3v) is 8.02. The highest BCUT2D eigenvalue weighted by atomic mass is 32.1. The average Bonchev–Trinajstić information content (AvgIpc) is 3.39. The lowest BCUT2D eigenvalue weighted by Gasteiger charge is -2.31. The summed E-state index contributed by atoms with van der Waals surface area (Å²) in [4.78, 5) is 19.2. The number of thiophene rings is 1. The van der Waals surface area contributed by atoms with Crippen LogP contribution in [0.15, 0.2) is 42.6 Å². The van der Waals surface area contributed by atoms with Gasteiger partial charge in [0.1, 0.15) is 5.00 Å². The van der Waals surface area contributed by atoms with E-state index in [9.17, 15) is 4.79 Å². The van der Waals surface area contributed by atoms with Gasteiger partial charge in [-0.1, -0.05) is 19.1 Å². The van der Waals surface area contributed by atoms with Crippen molar-refractivity contribution < 1.29 is 4.79 Å². The van der Waals surface area contributed by atoms with Crippen molar-refractivity contribution in [3.05, 3.63) is 69.9 Å². The topological polar surface area (TPSA) is 40.5 Å². The van der Waals surface area contributed by atoms with Gasteiger partial charge in [-0.2, -0.15) is 0 Å². The van der Waals surface area contributed by atoms with Crippen molar-refractivity contribution in [1.82, 2.24) is 14.8 Å². The maximum absolute atomic E-state index is 13.5. The van der Waals surface area contributed by atoms with Crippen molar-refractivity contribution >= 4 is 23.1 Å². The first kappa shape index (κ1) is 21.1. The molecule has 3 aromatic rings. The molecule has 1 N–H and O–H groups in total. The Bertz CT molecular complexity index is 1110. The highest BCUT2D eigenvalue weighted by molar-refractivity contribution is 7.15. The normalized spacial score (nSPS) is 17.2. The monoisotopic (exact) mass is 448 g/mol. The number of hydrogen-bond acceptors (Lipinski definition) is 3. The molecular formula is C26H32N4OS. The molecule has 0 bridgehead atoms. The number of urea groups is 1. The molecule has 2 amide bonds. The van der Waals surface area contributed by atoms with E-state index in [1.165, 1.54) is 40.3 Å².